The highest BCUT2D eigenvalue weighted by atomic mass is 32.2. The van der Waals surface area contributed by atoms with Crippen LogP contribution in [0.25, 0.3) is 15.9 Å². The van der Waals surface area contributed by atoms with Crippen molar-refractivity contribution < 1.29 is 9.18 Å². The summed E-state index contributed by atoms with van der Waals surface area (Å²) in [4.78, 5) is 33.4. The fraction of sp³-hybridized carbons (Fsp3) is 0.346. The Morgan fingerprint density at radius 1 is 1.18 bits per heavy atom. The van der Waals surface area contributed by atoms with Crippen molar-refractivity contribution in [1.29, 1.82) is 0 Å². The normalized spacial score (nSPS) is 13.4. The first-order valence-corrected chi connectivity index (χ1v) is 13.3. The molecule has 3 aromatic heterocycles. The third-order valence-corrected chi connectivity index (χ3v) is 8.67. The van der Waals surface area contributed by atoms with E-state index in [1.54, 1.807) is 28.0 Å². The van der Waals surface area contributed by atoms with Gasteiger partial charge in [0.15, 0.2) is 10.9 Å². The fourth-order valence-electron chi connectivity index (χ4n) is 4.85. The van der Waals surface area contributed by atoms with Crippen LogP contribution >= 0.6 is 23.1 Å². The molecule has 0 spiro atoms. The van der Waals surface area contributed by atoms with Gasteiger partial charge in [-0.3, -0.25) is 14.2 Å². The molecule has 0 fully saturated rings. The monoisotopic (exact) mass is 495 g/mol. The van der Waals surface area contributed by atoms with E-state index in [1.165, 1.54) is 34.3 Å². The molecule has 1 aliphatic rings. The van der Waals surface area contributed by atoms with Crippen molar-refractivity contribution in [3.8, 4) is 5.69 Å². The largest absolute Gasteiger partial charge is 0.318 e. The quantitative estimate of drug-likeness (QED) is 0.190. The molecule has 0 unspecified atom stereocenters. The summed E-state index contributed by atoms with van der Waals surface area (Å²) in [6, 6.07) is 8.12. The van der Waals surface area contributed by atoms with Crippen LogP contribution in [-0.2, 0) is 19.4 Å². The first-order valence-electron chi connectivity index (χ1n) is 11.5. The van der Waals surface area contributed by atoms with E-state index in [0.29, 0.717) is 17.3 Å². The lowest BCUT2D eigenvalue weighted by Gasteiger charge is -2.12. The number of nitrogens with zero attached hydrogens (tertiary/aromatic N) is 3. The smallest absolute Gasteiger partial charge is 0.263 e. The van der Waals surface area contributed by atoms with E-state index in [1.807, 2.05) is 31.4 Å². The highest BCUT2D eigenvalue weighted by Crippen LogP contribution is 2.35. The number of rotatable bonds is 6. The number of aryl methyl sites for hydroxylation is 3. The predicted molar refractivity (Wildman–Crippen MR) is 136 cm³/mol. The van der Waals surface area contributed by atoms with Crippen molar-refractivity contribution in [2.24, 2.45) is 0 Å². The summed E-state index contributed by atoms with van der Waals surface area (Å²) in [5.74, 6) is -0.123. The van der Waals surface area contributed by atoms with Gasteiger partial charge in [-0.15, -0.1) is 11.3 Å². The maximum atomic E-state index is 13.4. The molecular formula is C26H26FN3O2S2. The Hall–Kier alpha value is -2.71. The van der Waals surface area contributed by atoms with Gasteiger partial charge in [0, 0.05) is 34.1 Å². The molecule has 0 atom stereocenters. The number of benzene rings is 1. The summed E-state index contributed by atoms with van der Waals surface area (Å²) in [6.45, 7) is 6.29. The number of Topliss-reactive ketones (excluding diaryl/α,β-unsaturated/α-hetero) is 1. The molecule has 4 aromatic rings. The van der Waals surface area contributed by atoms with Crippen molar-refractivity contribution >= 4 is 39.1 Å². The minimum Gasteiger partial charge on any atom is -0.318 e. The molecule has 8 heteroatoms. The number of fused-ring (bicyclic) bond motifs is 3. The van der Waals surface area contributed by atoms with Crippen LogP contribution in [0.3, 0.4) is 0 Å². The summed E-state index contributed by atoms with van der Waals surface area (Å²) < 4.78 is 17.0. The average Bonchev–Trinajstić information content (AvgIpc) is 3.35. The number of aromatic nitrogens is 3. The van der Waals surface area contributed by atoms with Gasteiger partial charge >= 0.3 is 0 Å². The Morgan fingerprint density at radius 3 is 2.65 bits per heavy atom. The fourth-order valence-corrected chi connectivity index (χ4v) is 7.10. The number of hydrogen-bond acceptors (Lipinski definition) is 5. The summed E-state index contributed by atoms with van der Waals surface area (Å²) in [5.41, 5.74) is 4.37. The van der Waals surface area contributed by atoms with Crippen LogP contribution < -0.4 is 5.56 Å². The van der Waals surface area contributed by atoms with E-state index in [9.17, 15) is 14.0 Å². The topological polar surface area (TPSA) is 56.9 Å². The van der Waals surface area contributed by atoms with Gasteiger partial charge in [-0.2, -0.15) is 0 Å². The van der Waals surface area contributed by atoms with Gasteiger partial charge in [0.25, 0.3) is 5.56 Å². The third kappa shape index (κ3) is 3.92. The van der Waals surface area contributed by atoms with Gasteiger partial charge in [0.05, 0.1) is 11.1 Å². The van der Waals surface area contributed by atoms with Gasteiger partial charge in [-0.25, -0.2) is 9.37 Å². The van der Waals surface area contributed by atoms with Crippen molar-refractivity contribution in [2.75, 3.05) is 5.75 Å². The average molecular weight is 496 g/mol. The van der Waals surface area contributed by atoms with Crippen molar-refractivity contribution in [3.63, 3.8) is 0 Å². The van der Waals surface area contributed by atoms with E-state index >= 15 is 0 Å². The number of carbonyl (C=O) groups is 1. The molecule has 176 valence electrons. The van der Waals surface area contributed by atoms with E-state index in [4.69, 9.17) is 4.98 Å². The lowest BCUT2D eigenvalue weighted by atomic mass is 9.97. The minimum atomic E-state index is -0.294. The summed E-state index contributed by atoms with van der Waals surface area (Å²) in [5, 5.41) is 1.37. The molecule has 3 heterocycles. The molecule has 34 heavy (non-hydrogen) atoms. The number of hydrogen-bond donors (Lipinski definition) is 0. The Labute approximate surface area is 205 Å². The summed E-state index contributed by atoms with van der Waals surface area (Å²) in [7, 11) is 0. The van der Waals surface area contributed by atoms with Crippen LogP contribution in [0.2, 0.25) is 0 Å². The Bertz CT molecular complexity index is 1460. The van der Waals surface area contributed by atoms with E-state index in [-0.39, 0.29) is 22.9 Å². The van der Waals surface area contributed by atoms with Crippen molar-refractivity contribution in [3.05, 3.63) is 73.9 Å². The van der Waals surface area contributed by atoms with Crippen LogP contribution in [-0.4, -0.2) is 25.7 Å². The van der Waals surface area contributed by atoms with Crippen molar-refractivity contribution in [2.45, 2.75) is 58.2 Å². The number of carbonyl (C=O) groups excluding carboxylic acids is 1. The first kappa shape index (κ1) is 23.1. The van der Waals surface area contributed by atoms with E-state index in [2.05, 4.69) is 0 Å². The minimum absolute atomic E-state index is 0.0105. The molecule has 0 radical (unpaired) electrons. The molecule has 0 N–H and O–H groups in total. The summed E-state index contributed by atoms with van der Waals surface area (Å²) in [6.07, 6.45) is 4.25. The molecule has 0 bridgehead atoms. The van der Waals surface area contributed by atoms with Crippen LogP contribution in [0.4, 0.5) is 4.39 Å². The highest BCUT2D eigenvalue weighted by molar-refractivity contribution is 7.99. The maximum Gasteiger partial charge on any atom is 0.263 e. The molecule has 1 aliphatic carbocycles. The Balaban J connectivity index is 1.44. The lowest BCUT2D eigenvalue weighted by Crippen LogP contribution is -2.23. The molecule has 0 aliphatic heterocycles. The molecule has 0 saturated carbocycles. The van der Waals surface area contributed by atoms with Gasteiger partial charge in [-0.1, -0.05) is 11.8 Å². The second-order valence-corrected chi connectivity index (χ2v) is 10.7. The van der Waals surface area contributed by atoms with Gasteiger partial charge in [0.2, 0.25) is 0 Å². The number of halogens is 1. The second kappa shape index (κ2) is 9.15. The van der Waals surface area contributed by atoms with Crippen molar-refractivity contribution in [1.82, 2.24) is 14.1 Å². The molecule has 5 nitrogen and oxygen atoms in total. The molecule has 5 rings (SSSR count). The summed E-state index contributed by atoms with van der Waals surface area (Å²) >= 11 is 2.95. The molecular weight excluding hydrogens is 469 g/mol. The van der Waals surface area contributed by atoms with Crippen LogP contribution in [0.15, 0.2) is 40.3 Å². The number of thioether (sulfide) groups is 1. The Kier molecular flexibility index (Phi) is 6.20. The van der Waals surface area contributed by atoms with E-state index < -0.39 is 0 Å². The Morgan fingerprint density at radius 2 is 1.91 bits per heavy atom. The molecule has 0 amide bonds. The van der Waals surface area contributed by atoms with Gasteiger partial charge in [-0.05, 0) is 82.3 Å². The molecule has 0 saturated heterocycles. The van der Waals surface area contributed by atoms with Gasteiger partial charge < -0.3 is 4.57 Å². The zero-order chi connectivity index (χ0) is 24.0. The maximum absolute atomic E-state index is 13.4. The zero-order valence-electron chi connectivity index (χ0n) is 19.5. The number of ketones is 1. The van der Waals surface area contributed by atoms with Gasteiger partial charge in [0.1, 0.15) is 10.6 Å². The first-order chi connectivity index (χ1) is 16.4. The second-order valence-electron chi connectivity index (χ2n) is 8.64. The number of thiophene rings is 1. The SMILES string of the molecule is CCn1c(SCC(=O)c2cc(C)n(-c3ccc(F)cc3)c2C)nc2sc3c(c2c1=O)CCCC3. The highest BCUT2D eigenvalue weighted by Gasteiger charge is 2.23. The van der Waals surface area contributed by atoms with Crippen LogP contribution in [0.1, 0.15) is 52.0 Å². The predicted octanol–water partition coefficient (Wildman–Crippen LogP) is 5.88. The van der Waals surface area contributed by atoms with Crippen LogP contribution in [0.5, 0.6) is 0 Å². The third-order valence-electron chi connectivity index (χ3n) is 6.50. The van der Waals surface area contributed by atoms with E-state index in [0.717, 1.165) is 53.0 Å². The lowest BCUT2D eigenvalue weighted by molar-refractivity contribution is 0.102. The standard InChI is InChI=1S/C26H26FN3O2S2/c1-4-29-25(32)23-19-7-5-6-8-22(19)34-24(23)28-26(29)33-14-21(31)20-13-15(2)30(16(20)3)18-11-9-17(27)10-12-18/h9-13H,4-8,14H2,1-3H3. The zero-order valence-corrected chi connectivity index (χ0v) is 21.1. The van der Waals surface area contributed by atoms with Crippen LogP contribution in [0, 0.1) is 19.7 Å². The molecule has 1 aromatic carbocycles.